The SMILES string of the molecule is CN(C)S(=O)(=O)c1ccc(N2CCCC2)c(C(=O)NCCCSc2ccccc2)c1. The first-order chi connectivity index (χ1) is 14.4. The van der Waals surface area contributed by atoms with Crippen molar-refractivity contribution in [3.63, 3.8) is 0 Å². The summed E-state index contributed by atoms with van der Waals surface area (Å²) in [6.45, 7) is 2.31. The molecule has 0 bridgehead atoms. The molecule has 1 aliphatic rings. The van der Waals surface area contributed by atoms with Gasteiger partial charge in [-0.3, -0.25) is 4.79 Å². The second-order valence-electron chi connectivity index (χ2n) is 7.43. The van der Waals surface area contributed by atoms with Crippen LogP contribution in [-0.4, -0.2) is 58.1 Å². The minimum absolute atomic E-state index is 0.139. The summed E-state index contributed by atoms with van der Waals surface area (Å²) >= 11 is 1.76. The van der Waals surface area contributed by atoms with E-state index in [0.29, 0.717) is 12.1 Å². The molecule has 0 atom stereocenters. The Balaban J connectivity index is 1.68. The van der Waals surface area contributed by atoms with Gasteiger partial charge in [0.1, 0.15) is 0 Å². The van der Waals surface area contributed by atoms with E-state index in [1.807, 2.05) is 18.2 Å². The summed E-state index contributed by atoms with van der Waals surface area (Å²) in [6.07, 6.45) is 2.99. The first kappa shape index (κ1) is 22.7. The van der Waals surface area contributed by atoms with Crippen LogP contribution >= 0.6 is 11.8 Å². The van der Waals surface area contributed by atoms with Crippen LogP contribution in [0.4, 0.5) is 5.69 Å². The molecule has 1 N–H and O–H groups in total. The van der Waals surface area contributed by atoms with Gasteiger partial charge in [-0.05, 0) is 55.3 Å². The van der Waals surface area contributed by atoms with Crippen molar-refractivity contribution >= 4 is 33.4 Å². The summed E-state index contributed by atoms with van der Waals surface area (Å²) in [5, 5.41) is 2.97. The topological polar surface area (TPSA) is 69.7 Å². The zero-order valence-corrected chi connectivity index (χ0v) is 19.1. The molecule has 2 aromatic carbocycles. The summed E-state index contributed by atoms with van der Waals surface area (Å²) in [4.78, 5) is 16.5. The fraction of sp³-hybridized carbons (Fsp3) is 0.409. The van der Waals surface area contributed by atoms with Crippen LogP contribution < -0.4 is 10.2 Å². The van der Waals surface area contributed by atoms with E-state index in [1.165, 1.54) is 29.4 Å². The summed E-state index contributed by atoms with van der Waals surface area (Å²) < 4.78 is 26.3. The van der Waals surface area contributed by atoms with Crippen LogP contribution in [0.2, 0.25) is 0 Å². The van der Waals surface area contributed by atoms with Gasteiger partial charge >= 0.3 is 0 Å². The van der Waals surface area contributed by atoms with Crippen molar-refractivity contribution in [2.75, 3.05) is 44.4 Å². The smallest absolute Gasteiger partial charge is 0.253 e. The maximum Gasteiger partial charge on any atom is 0.253 e. The Labute approximate surface area is 183 Å². The van der Waals surface area contributed by atoms with Crippen molar-refractivity contribution in [1.82, 2.24) is 9.62 Å². The molecule has 0 saturated carbocycles. The van der Waals surface area contributed by atoms with Crippen molar-refractivity contribution in [2.24, 2.45) is 0 Å². The Morgan fingerprint density at radius 2 is 1.80 bits per heavy atom. The molecule has 8 heteroatoms. The molecule has 1 aliphatic heterocycles. The number of carbonyl (C=O) groups excluding carboxylic acids is 1. The van der Waals surface area contributed by atoms with Gasteiger partial charge in [0.2, 0.25) is 10.0 Å². The highest BCUT2D eigenvalue weighted by Crippen LogP contribution is 2.28. The van der Waals surface area contributed by atoms with E-state index in [9.17, 15) is 13.2 Å². The lowest BCUT2D eigenvalue weighted by Crippen LogP contribution is -2.29. The van der Waals surface area contributed by atoms with E-state index in [0.717, 1.165) is 43.8 Å². The monoisotopic (exact) mass is 447 g/mol. The zero-order valence-electron chi connectivity index (χ0n) is 17.5. The van der Waals surface area contributed by atoms with Gasteiger partial charge in [-0.25, -0.2) is 12.7 Å². The van der Waals surface area contributed by atoms with Gasteiger partial charge in [0, 0.05) is 44.3 Å². The molecular formula is C22H29N3O3S2. The Hall–Kier alpha value is -2.03. The van der Waals surface area contributed by atoms with E-state index in [2.05, 4.69) is 22.3 Å². The second kappa shape index (κ2) is 10.3. The number of nitrogens with zero attached hydrogens (tertiary/aromatic N) is 2. The van der Waals surface area contributed by atoms with Gasteiger partial charge in [0.15, 0.2) is 0 Å². The van der Waals surface area contributed by atoms with Crippen LogP contribution in [0.25, 0.3) is 0 Å². The number of benzene rings is 2. The standard InChI is InChI=1S/C22H29N3O3S2/c1-24(2)30(27,28)19-11-12-21(25-14-6-7-15-25)20(17-19)22(26)23-13-8-16-29-18-9-4-3-5-10-18/h3-5,9-12,17H,6-8,13-16H2,1-2H3,(H,23,26). The maximum atomic E-state index is 13.0. The number of nitrogens with one attached hydrogen (secondary N) is 1. The van der Waals surface area contributed by atoms with Crippen LogP contribution in [0.3, 0.4) is 0 Å². The molecule has 1 amide bonds. The number of rotatable bonds is 9. The lowest BCUT2D eigenvalue weighted by molar-refractivity contribution is 0.0954. The van der Waals surface area contributed by atoms with Gasteiger partial charge in [0.25, 0.3) is 5.91 Å². The zero-order chi connectivity index (χ0) is 21.6. The Morgan fingerprint density at radius 1 is 1.10 bits per heavy atom. The lowest BCUT2D eigenvalue weighted by Gasteiger charge is -2.22. The van der Waals surface area contributed by atoms with Crippen LogP contribution in [0.5, 0.6) is 0 Å². The van der Waals surface area contributed by atoms with Crippen LogP contribution in [0.15, 0.2) is 58.3 Å². The van der Waals surface area contributed by atoms with Crippen molar-refractivity contribution in [3.8, 4) is 0 Å². The number of thioether (sulfide) groups is 1. The number of amides is 1. The number of hydrogen-bond acceptors (Lipinski definition) is 5. The van der Waals surface area contributed by atoms with Crippen molar-refractivity contribution < 1.29 is 13.2 Å². The van der Waals surface area contributed by atoms with E-state index in [4.69, 9.17) is 0 Å². The largest absolute Gasteiger partial charge is 0.371 e. The molecule has 30 heavy (non-hydrogen) atoms. The minimum Gasteiger partial charge on any atom is -0.371 e. The number of carbonyl (C=O) groups is 1. The third kappa shape index (κ3) is 5.56. The van der Waals surface area contributed by atoms with Crippen molar-refractivity contribution in [3.05, 3.63) is 54.1 Å². The Morgan fingerprint density at radius 3 is 2.47 bits per heavy atom. The van der Waals surface area contributed by atoms with Crippen LogP contribution in [0, 0.1) is 0 Å². The van der Waals surface area contributed by atoms with Crippen molar-refractivity contribution in [2.45, 2.75) is 29.1 Å². The summed E-state index contributed by atoms with van der Waals surface area (Å²) in [7, 11) is -0.614. The highest BCUT2D eigenvalue weighted by Gasteiger charge is 2.24. The maximum absolute atomic E-state index is 13.0. The second-order valence-corrected chi connectivity index (χ2v) is 10.8. The molecule has 0 radical (unpaired) electrons. The fourth-order valence-electron chi connectivity index (χ4n) is 3.38. The van der Waals surface area contributed by atoms with Crippen LogP contribution in [-0.2, 0) is 10.0 Å². The first-order valence-electron chi connectivity index (χ1n) is 10.2. The number of sulfonamides is 1. The third-order valence-electron chi connectivity index (χ3n) is 5.06. The highest BCUT2D eigenvalue weighted by atomic mass is 32.2. The lowest BCUT2D eigenvalue weighted by atomic mass is 10.1. The normalized spacial score (nSPS) is 14.3. The van der Waals surface area contributed by atoms with E-state index >= 15 is 0 Å². The molecule has 0 spiro atoms. The predicted octanol–water partition coefficient (Wildman–Crippen LogP) is 3.45. The van der Waals surface area contributed by atoms with Crippen molar-refractivity contribution in [1.29, 1.82) is 0 Å². The molecule has 162 valence electrons. The summed E-state index contributed by atoms with van der Waals surface area (Å²) in [5.74, 6) is 0.677. The van der Waals surface area contributed by atoms with Crippen LogP contribution in [0.1, 0.15) is 29.6 Å². The molecule has 3 rings (SSSR count). The third-order valence-corrected chi connectivity index (χ3v) is 7.97. The molecule has 0 aliphatic carbocycles. The average molecular weight is 448 g/mol. The van der Waals surface area contributed by atoms with Gasteiger partial charge in [-0.15, -0.1) is 11.8 Å². The number of anilines is 1. The Bertz CT molecular complexity index is 957. The van der Waals surface area contributed by atoms with E-state index in [-0.39, 0.29) is 10.8 Å². The molecule has 2 aromatic rings. The quantitative estimate of drug-likeness (QED) is 0.471. The van der Waals surface area contributed by atoms with E-state index < -0.39 is 10.0 Å². The molecule has 1 fully saturated rings. The highest BCUT2D eigenvalue weighted by molar-refractivity contribution is 7.99. The van der Waals surface area contributed by atoms with E-state index in [1.54, 1.807) is 23.9 Å². The summed E-state index contributed by atoms with van der Waals surface area (Å²) in [6, 6.07) is 15.0. The molecule has 1 saturated heterocycles. The number of hydrogen-bond donors (Lipinski definition) is 1. The molecule has 0 aromatic heterocycles. The van der Waals surface area contributed by atoms with Gasteiger partial charge in [-0.1, -0.05) is 18.2 Å². The molecule has 1 heterocycles. The molecule has 0 unspecified atom stereocenters. The predicted molar refractivity (Wildman–Crippen MR) is 123 cm³/mol. The fourth-order valence-corrected chi connectivity index (χ4v) is 5.18. The first-order valence-corrected chi connectivity index (χ1v) is 12.6. The molecular weight excluding hydrogens is 418 g/mol. The van der Waals surface area contributed by atoms with Gasteiger partial charge in [-0.2, -0.15) is 0 Å². The van der Waals surface area contributed by atoms with Gasteiger partial charge in [0.05, 0.1) is 10.5 Å². The molecule has 6 nitrogen and oxygen atoms in total. The Kier molecular flexibility index (Phi) is 7.80. The summed E-state index contributed by atoms with van der Waals surface area (Å²) in [5.41, 5.74) is 1.23. The minimum atomic E-state index is -3.60. The van der Waals surface area contributed by atoms with Gasteiger partial charge < -0.3 is 10.2 Å². The average Bonchev–Trinajstić information content (AvgIpc) is 3.28.